The van der Waals surface area contributed by atoms with E-state index in [1.807, 2.05) is 27.7 Å². The summed E-state index contributed by atoms with van der Waals surface area (Å²) < 4.78 is 33.7. The van der Waals surface area contributed by atoms with Gasteiger partial charge in [-0.1, -0.05) is 32.9 Å². The zero-order chi connectivity index (χ0) is 13.5. The molecule has 6 heteroatoms. The third-order valence-corrected chi connectivity index (χ3v) is 1.55. The van der Waals surface area contributed by atoms with Gasteiger partial charge in [-0.15, -0.1) is 0 Å². The highest BCUT2D eigenvalue weighted by Crippen LogP contribution is 2.15. The molecule has 1 rings (SSSR count). The first-order chi connectivity index (χ1) is 7.87. The molecule has 0 unspecified atom stereocenters. The van der Waals surface area contributed by atoms with Gasteiger partial charge in [-0.2, -0.15) is 13.8 Å². The second kappa shape index (κ2) is 7.32. The number of rotatable bonds is 5. The van der Waals surface area contributed by atoms with Crippen molar-refractivity contribution >= 4 is 0 Å². The molecule has 0 N–H and O–H groups in total. The molecule has 0 radical (unpaired) electrons. The highest BCUT2D eigenvalue weighted by molar-refractivity contribution is 4.85. The van der Waals surface area contributed by atoms with Crippen molar-refractivity contribution in [2.24, 2.45) is 5.92 Å². The SMILES string of the molecule is CC.CC(C)Cc1nc(COC(C)(F)F)no1. The standard InChI is InChI=1S/C9H14F2N2O2.C2H6/c1-6(2)4-8-12-7(13-15-8)5-14-9(3,10)11;1-2/h6H,4-5H2,1-3H3;1-2H3. The van der Waals surface area contributed by atoms with Gasteiger partial charge in [0.15, 0.2) is 5.82 Å². The summed E-state index contributed by atoms with van der Waals surface area (Å²) in [5, 5.41) is 3.53. The van der Waals surface area contributed by atoms with Crippen LogP contribution in [0.15, 0.2) is 4.52 Å². The number of aromatic nitrogens is 2. The number of ether oxygens (including phenoxy) is 1. The fraction of sp³-hybridized carbons (Fsp3) is 0.818. The fourth-order valence-corrected chi connectivity index (χ4v) is 0.972. The van der Waals surface area contributed by atoms with Crippen LogP contribution in [0.3, 0.4) is 0 Å². The Labute approximate surface area is 100 Å². The molecule has 17 heavy (non-hydrogen) atoms. The first-order valence-electron chi connectivity index (χ1n) is 5.70. The van der Waals surface area contributed by atoms with Crippen LogP contribution in [-0.4, -0.2) is 16.2 Å². The molecule has 1 heterocycles. The van der Waals surface area contributed by atoms with E-state index in [-0.39, 0.29) is 12.4 Å². The second-order valence-electron chi connectivity index (χ2n) is 3.80. The molecule has 0 aliphatic carbocycles. The van der Waals surface area contributed by atoms with Crippen molar-refractivity contribution < 1.29 is 18.0 Å². The Morgan fingerprint density at radius 2 is 1.94 bits per heavy atom. The number of nitrogens with zero attached hydrogens (tertiary/aromatic N) is 2. The van der Waals surface area contributed by atoms with Crippen molar-refractivity contribution in [3.8, 4) is 0 Å². The zero-order valence-corrected chi connectivity index (χ0v) is 11.0. The van der Waals surface area contributed by atoms with E-state index >= 15 is 0 Å². The van der Waals surface area contributed by atoms with Gasteiger partial charge in [0.25, 0.3) is 0 Å². The van der Waals surface area contributed by atoms with Crippen LogP contribution < -0.4 is 0 Å². The van der Waals surface area contributed by atoms with E-state index in [4.69, 9.17) is 4.52 Å². The molecule has 100 valence electrons. The largest absolute Gasteiger partial charge is 0.353 e. The third kappa shape index (κ3) is 7.79. The minimum Gasteiger partial charge on any atom is -0.339 e. The number of hydrogen-bond acceptors (Lipinski definition) is 4. The Kier molecular flexibility index (Phi) is 6.87. The predicted octanol–water partition coefficient (Wildman–Crippen LogP) is 3.42. The second-order valence-corrected chi connectivity index (χ2v) is 3.80. The lowest BCUT2D eigenvalue weighted by molar-refractivity contribution is -0.232. The van der Waals surface area contributed by atoms with Gasteiger partial charge >= 0.3 is 6.11 Å². The molecule has 0 aliphatic heterocycles. The van der Waals surface area contributed by atoms with E-state index in [1.54, 1.807) is 0 Å². The lowest BCUT2D eigenvalue weighted by atomic mass is 10.1. The molecule has 1 aromatic rings. The normalized spacial score (nSPS) is 11.3. The first kappa shape index (κ1) is 16.0. The lowest BCUT2D eigenvalue weighted by Gasteiger charge is -2.08. The van der Waals surface area contributed by atoms with E-state index in [0.717, 1.165) is 0 Å². The van der Waals surface area contributed by atoms with Gasteiger partial charge in [0.05, 0.1) is 0 Å². The van der Waals surface area contributed by atoms with E-state index in [9.17, 15) is 8.78 Å². The summed E-state index contributed by atoms with van der Waals surface area (Å²) in [4.78, 5) is 3.92. The van der Waals surface area contributed by atoms with Crippen molar-refractivity contribution in [2.75, 3.05) is 0 Å². The Morgan fingerprint density at radius 3 is 2.41 bits per heavy atom. The van der Waals surface area contributed by atoms with E-state index < -0.39 is 6.11 Å². The molecule has 0 fully saturated rings. The fourth-order valence-electron chi connectivity index (χ4n) is 0.972. The maximum absolute atomic E-state index is 12.3. The Hall–Kier alpha value is -1.04. The molecule has 0 aromatic carbocycles. The number of hydrogen-bond donors (Lipinski definition) is 0. The highest BCUT2D eigenvalue weighted by Gasteiger charge is 2.22. The summed E-state index contributed by atoms with van der Waals surface area (Å²) in [5.41, 5.74) is 0. The predicted molar refractivity (Wildman–Crippen MR) is 59.6 cm³/mol. The van der Waals surface area contributed by atoms with Crippen LogP contribution in [0.1, 0.15) is 46.3 Å². The molecule has 0 atom stereocenters. The van der Waals surface area contributed by atoms with Crippen LogP contribution in [0.4, 0.5) is 8.78 Å². The van der Waals surface area contributed by atoms with Gasteiger partial charge in [0.1, 0.15) is 6.61 Å². The van der Waals surface area contributed by atoms with Gasteiger partial charge in [0.2, 0.25) is 5.89 Å². The number of alkyl halides is 2. The lowest BCUT2D eigenvalue weighted by Crippen LogP contribution is -2.15. The molecular formula is C11H20F2N2O2. The Morgan fingerprint density at radius 1 is 1.35 bits per heavy atom. The Balaban J connectivity index is 0.00000121. The average molecular weight is 250 g/mol. The first-order valence-corrected chi connectivity index (χ1v) is 5.70. The summed E-state index contributed by atoms with van der Waals surface area (Å²) in [6.07, 6.45) is -2.53. The van der Waals surface area contributed by atoms with Crippen molar-refractivity contribution in [1.29, 1.82) is 0 Å². The topological polar surface area (TPSA) is 48.2 Å². The van der Waals surface area contributed by atoms with Crippen LogP contribution in [-0.2, 0) is 17.8 Å². The van der Waals surface area contributed by atoms with E-state index in [0.29, 0.717) is 25.2 Å². The van der Waals surface area contributed by atoms with Crippen molar-refractivity contribution in [2.45, 2.75) is 53.8 Å². The van der Waals surface area contributed by atoms with Crippen molar-refractivity contribution in [3.05, 3.63) is 11.7 Å². The Bertz CT molecular complexity index is 309. The van der Waals surface area contributed by atoms with Gasteiger partial charge < -0.3 is 9.26 Å². The van der Waals surface area contributed by atoms with Crippen LogP contribution in [0.2, 0.25) is 0 Å². The minimum absolute atomic E-state index is 0.146. The van der Waals surface area contributed by atoms with Crippen LogP contribution in [0.5, 0.6) is 0 Å². The smallest absolute Gasteiger partial charge is 0.339 e. The quantitative estimate of drug-likeness (QED) is 0.803. The summed E-state index contributed by atoms with van der Waals surface area (Å²) >= 11 is 0. The molecular weight excluding hydrogens is 230 g/mol. The highest BCUT2D eigenvalue weighted by atomic mass is 19.3. The third-order valence-electron chi connectivity index (χ3n) is 1.55. The van der Waals surface area contributed by atoms with Crippen LogP contribution >= 0.6 is 0 Å². The number of halogens is 2. The van der Waals surface area contributed by atoms with Gasteiger partial charge in [-0.3, -0.25) is 0 Å². The maximum atomic E-state index is 12.3. The van der Waals surface area contributed by atoms with Gasteiger partial charge in [-0.05, 0) is 5.92 Å². The van der Waals surface area contributed by atoms with E-state index in [1.165, 1.54) is 0 Å². The molecule has 0 amide bonds. The molecule has 1 aromatic heterocycles. The maximum Gasteiger partial charge on any atom is 0.353 e. The monoisotopic (exact) mass is 250 g/mol. The average Bonchev–Trinajstić information content (AvgIpc) is 2.64. The minimum atomic E-state index is -3.17. The summed E-state index contributed by atoms with van der Waals surface area (Å²) in [7, 11) is 0. The molecule has 0 saturated heterocycles. The van der Waals surface area contributed by atoms with E-state index in [2.05, 4.69) is 14.9 Å². The summed E-state index contributed by atoms with van der Waals surface area (Å²) in [6.45, 7) is 8.33. The van der Waals surface area contributed by atoms with Crippen molar-refractivity contribution in [3.63, 3.8) is 0 Å². The van der Waals surface area contributed by atoms with Crippen molar-refractivity contribution in [1.82, 2.24) is 10.1 Å². The molecule has 0 saturated carbocycles. The summed E-state index contributed by atoms with van der Waals surface area (Å²) in [6, 6.07) is 0. The van der Waals surface area contributed by atoms with Gasteiger partial charge in [0, 0.05) is 13.3 Å². The molecule has 0 spiro atoms. The molecule has 0 bridgehead atoms. The summed E-state index contributed by atoms with van der Waals surface area (Å²) in [5.74, 6) is 0.974. The van der Waals surface area contributed by atoms with Crippen LogP contribution in [0, 0.1) is 5.92 Å². The van der Waals surface area contributed by atoms with Crippen LogP contribution in [0.25, 0.3) is 0 Å². The molecule has 4 nitrogen and oxygen atoms in total. The zero-order valence-electron chi connectivity index (χ0n) is 11.0. The molecule has 0 aliphatic rings. The van der Waals surface area contributed by atoms with Gasteiger partial charge in [-0.25, -0.2) is 0 Å².